The minimum absolute atomic E-state index is 0.207. The van der Waals surface area contributed by atoms with Crippen LogP contribution in [0.2, 0.25) is 0 Å². The van der Waals surface area contributed by atoms with Crippen LogP contribution in [0.3, 0.4) is 0 Å². The monoisotopic (exact) mass is 230 g/mol. The van der Waals surface area contributed by atoms with Crippen molar-refractivity contribution in [1.29, 1.82) is 0 Å². The fraction of sp³-hybridized carbons (Fsp3) is 0.308. The van der Waals surface area contributed by atoms with E-state index in [2.05, 4.69) is 22.4 Å². The molecule has 0 bridgehead atoms. The van der Waals surface area contributed by atoms with E-state index in [1.807, 2.05) is 36.0 Å². The van der Waals surface area contributed by atoms with Crippen LogP contribution in [0.5, 0.6) is 0 Å². The van der Waals surface area contributed by atoms with Gasteiger partial charge in [0.25, 0.3) is 0 Å². The van der Waals surface area contributed by atoms with Crippen LogP contribution >= 0.6 is 0 Å². The first-order valence-corrected chi connectivity index (χ1v) is 5.77. The van der Waals surface area contributed by atoms with Gasteiger partial charge in [0.2, 0.25) is 5.95 Å². The number of imidazole rings is 1. The Hall–Kier alpha value is -1.81. The molecule has 1 atom stereocenters. The number of benzene rings is 1. The summed E-state index contributed by atoms with van der Waals surface area (Å²) in [5.74, 6) is 0.858. The van der Waals surface area contributed by atoms with Crippen molar-refractivity contribution in [2.45, 2.75) is 12.5 Å². The highest BCUT2D eigenvalue weighted by Crippen LogP contribution is 2.08. The molecule has 0 aliphatic carbocycles. The molecule has 0 aliphatic heterocycles. The van der Waals surface area contributed by atoms with Gasteiger partial charge < -0.3 is 15.6 Å². The van der Waals surface area contributed by atoms with Gasteiger partial charge in [0.05, 0.1) is 0 Å². The lowest BCUT2D eigenvalue weighted by Gasteiger charge is -2.17. The molecule has 90 valence electrons. The Morgan fingerprint density at radius 2 is 2.12 bits per heavy atom. The minimum Gasteiger partial charge on any atom is -0.351 e. The maximum atomic E-state index is 5.79. The van der Waals surface area contributed by atoms with Gasteiger partial charge in [-0.3, -0.25) is 0 Å². The Kier molecular flexibility index (Phi) is 3.77. The molecule has 0 saturated carbocycles. The number of nitrogens with two attached hydrogens (primary N) is 1. The average molecular weight is 230 g/mol. The van der Waals surface area contributed by atoms with Gasteiger partial charge in [-0.15, -0.1) is 0 Å². The second-order valence-corrected chi connectivity index (χ2v) is 4.13. The maximum Gasteiger partial charge on any atom is 0.202 e. The number of hydrogen-bond donors (Lipinski definition) is 2. The normalized spacial score (nSPS) is 12.4. The molecule has 1 unspecified atom stereocenters. The summed E-state index contributed by atoms with van der Waals surface area (Å²) in [4.78, 5) is 4.24. The molecule has 0 aliphatic rings. The van der Waals surface area contributed by atoms with Crippen molar-refractivity contribution < 1.29 is 0 Å². The van der Waals surface area contributed by atoms with Gasteiger partial charge in [-0.25, -0.2) is 4.98 Å². The summed E-state index contributed by atoms with van der Waals surface area (Å²) in [6, 6.07) is 10.5. The first kappa shape index (κ1) is 11.7. The average Bonchev–Trinajstić information content (AvgIpc) is 2.75. The lowest BCUT2D eigenvalue weighted by Crippen LogP contribution is -2.32. The van der Waals surface area contributed by atoms with Crippen LogP contribution in [0, 0.1) is 0 Å². The lowest BCUT2D eigenvalue weighted by atomic mass is 10.1. The zero-order chi connectivity index (χ0) is 12.1. The van der Waals surface area contributed by atoms with Gasteiger partial charge in [-0.05, 0) is 12.0 Å². The highest BCUT2D eigenvalue weighted by molar-refractivity contribution is 5.29. The fourth-order valence-electron chi connectivity index (χ4n) is 1.78. The molecule has 1 aromatic carbocycles. The van der Waals surface area contributed by atoms with Crippen LogP contribution < -0.4 is 11.1 Å². The maximum absolute atomic E-state index is 5.79. The van der Waals surface area contributed by atoms with Crippen molar-refractivity contribution in [3.63, 3.8) is 0 Å². The fourth-order valence-corrected chi connectivity index (χ4v) is 1.78. The molecule has 0 spiro atoms. The van der Waals surface area contributed by atoms with E-state index in [0.29, 0.717) is 6.54 Å². The van der Waals surface area contributed by atoms with E-state index in [0.717, 1.165) is 12.4 Å². The summed E-state index contributed by atoms with van der Waals surface area (Å²) in [7, 11) is 1.96. The van der Waals surface area contributed by atoms with Crippen LogP contribution in [0.1, 0.15) is 5.56 Å². The molecule has 17 heavy (non-hydrogen) atoms. The molecule has 4 heteroatoms. The zero-order valence-electron chi connectivity index (χ0n) is 10.0. The molecule has 3 N–H and O–H groups in total. The van der Waals surface area contributed by atoms with Gasteiger partial charge in [-0.2, -0.15) is 0 Å². The number of anilines is 1. The van der Waals surface area contributed by atoms with Crippen molar-refractivity contribution in [3.05, 3.63) is 48.3 Å². The second-order valence-electron chi connectivity index (χ2n) is 4.13. The Morgan fingerprint density at radius 1 is 1.35 bits per heavy atom. The molecule has 2 rings (SSSR count). The van der Waals surface area contributed by atoms with Crippen LogP contribution in [-0.4, -0.2) is 22.1 Å². The summed E-state index contributed by atoms with van der Waals surface area (Å²) in [5.41, 5.74) is 7.07. The van der Waals surface area contributed by atoms with Crippen LogP contribution in [0.4, 0.5) is 5.95 Å². The summed E-state index contributed by atoms with van der Waals surface area (Å²) in [5, 5.41) is 3.35. The first-order chi connectivity index (χ1) is 8.29. The number of aryl methyl sites for hydroxylation is 1. The molecule has 2 aromatic rings. The summed E-state index contributed by atoms with van der Waals surface area (Å²) in [6.45, 7) is 0.585. The quantitative estimate of drug-likeness (QED) is 0.816. The smallest absolute Gasteiger partial charge is 0.202 e. The number of rotatable bonds is 5. The van der Waals surface area contributed by atoms with Crippen molar-refractivity contribution in [1.82, 2.24) is 9.55 Å². The van der Waals surface area contributed by atoms with Gasteiger partial charge in [-0.1, -0.05) is 30.3 Å². The third-order valence-electron chi connectivity index (χ3n) is 2.76. The van der Waals surface area contributed by atoms with Crippen LogP contribution in [-0.2, 0) is 13.5 Å². The van der Waals surface area contributed by atoms with Crippen LogP contribution in [0.25, 0.3) is 0 Å². The number of nitrogens with one attached hydrogen (secondary N) is 1. The van der Waals surface area contributed by atoms with E-state index in [-0.39, 0.29) is 6.04 Å². The van der Waals surface area contributed by atoms with E-state index >= 15 is 0 Å². The predicted molar refractivity (Wildman–Crippen MR) is 69.8 cm³/mol. The van der Waals surface area contributed by atoms with Crippen LogP contribution in [0.15, 0.2) is 42.7 Å². The van der Waals surface area contributed by atoms with Gasteiger partial charge >= 0.3 is 0 Å². The summed E-state index contributed by atoms with van der Waals surface area (Å²) < 4.78 is 1.95. The number of hydrogen-bond acceptors (Lipinski definition) is 3. The van der Waals surface area contributed by atoms with Gasteiger partial charge in [0.15, 0.2) is 0 Å². The third kappa shape index (κ3) is 3.07. The standard InChI is InChI=1S/C13H18N4/c1-17-8-7-15-13(17)16-12(10-14)9-11-5-3-2-4-6-11/h2-8,12H,9-10,14H2,1H3,(H,15,16). The summed E-state index contributed by atoms with van der Waals surface area (Å²) in [6.07, 6.45) is 4.60. The summed E-state index contributed by atoms with van der Waals surface area (Å²) >= 11 is 0. The van der Waals surface area contributed by atoms with E-state index < -0.39 is 0 Å². The minimum atomic E-state index is 0.207. The largest absolute Gasteiger partial charge is 0.351 e. The first-order valence-electron chi connectivity index (χ1n) is 5.77. The lowest BCUT2D eigenvalue weighted by molar-refractivity contribution is 0.706. The molecular formula is C13H18N4. The molecule has 1 heterocycles. The van der Waals surface area contributed by atoms with Crippen molar-refractivity contribution >= 4 is 5.95 Å². The molecule has 0 amide bonds. The Morgan fingerprint density at radius 3 is 2.71 bits per heavy atom. The number of aromatic nitrogens is 2. The van der Waals surface area contributed by atoms with E-state index in [1.165, 1.54) is 5.56 Å². The number of nitrogens with zero attached hydrogens (tertiary/aromatic N) is 2. The van der Waals surface area contributed by atoms with E-state index in [9.17, 15) is 0 Å². The molecule has 1 aromatic heterocycles. The molecular weight excluding hydrogens is 212 g/mol. The van der Waals surface area contributed by atoms with E-state index in [4.69, 9.17) is 5.73 Å². The van der Waals surface area contributed by atoms with Crippen molar-refractivity contribution in [2.75, 3.05) is 11.9 Å². The van der Waals surface area contributed by atoms with Crippen molar-refractivity contribution in [2.24, 2.45) is 12.8 Å². The highest BCUT2D eigenvalue weighted by atomic mass is 15.2. The second kappa shape index (κ2) is 5.50. The Bertz CT molecular complexity index is 449. The predicted octanol–water partition coefficient (Wildman–Crippen LogP) is 1.40. The molecule has 0 radical (unpaired) electrons. The third-order valence-corrected chi connectivity index (χ3v) is 2.76. The van der Waals surface area contributed by atoms with Gasteiger partial charge in [0.1, 0.15) is 0 Å². The van der Waals surface area contributed by atoms with Gasteiger partial charge in [0, 0.05) is 32.0 Å². The molecule has 0 saturated heterocycles. The molecule has 4 nitrogen and oxygen atoms in total. The van der Waals surface area contributed by atoms with E-state index in [1.54, 1.807) is 6.20 Å². The zero-order valence-corrected chi connectivity index (χ0v) is 10.0. The Balaban J connectivity index is 2.00. The van der Waals surface area contributed by atoms with Crippen molar-refractivity contribution in [3.8, 4) is 0 Å². The SMILES string of the molecule is Cn1ccnc1NC(CN)Cc1ccccc1. The molecule has 0 fully saturated rings. The highest BCUT2D eigenvalue weighted by Gasteiger charge is 2.09. The topological polar surface area (TPSA) is 55.9 Å². The Labute approximate surface area is 101 Å².